The Balaban J connectivity index is 2.13. The number of ether oxygens (including phenoxy) is 1. The van der Waals surface area contributed by atoms with Crippen molar-refractivity contribution >= 4 is 0 Å². The van der Waals surface area contributed by atoms with E-state index in [-0.39, 0.29) is 0 Å². The van der Waals surface area contributed by atoms with Crippen molar-refractivity contribution in [2.24, 2.45) is 5.92 Å². The largest absolute Gasteiger partial charge is 0.381 e. The van der Waals surface area contributed by atoms with Crippen LogP contribution in [0.3, 0.4) is 0 Å². The van der Waals surface area contributed by atoms with Gasteiger partial charge in [-0.25, -0.2) is 0 Å². The second kappa shape index (κ2) is 3.05. The average molecular weight is 116 g/mol. The second-order valence-electron chi connectivity index (χ2n) is 2.34. The lowest BCUT2D eigenvalue weighted by Gasteiger charge is -2.17. The molecule has 0 atom stereocenters. The van der Waals surface area contributed by atoms with Gasteiger partial charge in [-0.05, 0) is 12.8 Å². The van der Waals surface area contributed by atoms with Crippen molar-refractivity contribution < 1.29 is 10.5 Å². The minimum Gasteiger partial charge on any atom is -0.381 e. The van der Waals surface area contributed by atoms with E-state index in [1.807, 2.05) is 0 Å². The molecule has 0 aromatic heterocycles. The zero-order chi connectivity index (χ0) is 5.82. The fourth-order valence-electron chi connectivity index (χ4n) is 1.04. The Kier molecular flexibility index (Phi) is 2.30. The van der Waals surface area contributed by atoms with Gasteiger partial charge < -0.3 is 10.5 Å². The highest BCUT2D eigenvalue weighted by molar-refractivity contribution is 4.59. The molecular weight excluding hydrogens is 102 g/mol. The lowest BCUT2D eigenvalue weighted by Crippen LogP contribution is -2.54. The monoisotopic (exact) mass is 116 g/mol. The molecular formula is C6H14NO+. The molecule has 1 rings (SSSR count). The molecule has 0 aromatic carbocycles. The van der Waals surface area contributed by atoms with E-state index in [1.54, 1.807) is 0 Å². The summed E-state index contributed by atoms with van der Waals surface area (Å²) in [6, 6.07) is 0. The number of hydrogen-bond donors (Lipinski definition) is 1. The number of hydrogen-bond acceptors (Lipinski definition) is 1. The van der Waals surface area contributed by atoms with Crippen LogP contribution in [0.2, 0.25) is 0 Å². The van der Waals surface area contributed by atoms with Gasteiger partial charge in [0.1, 0.15) is 0 Å². The predicted molar refractivity (Wildman–Crippen MR) is 31.3 cm³/mol. The van der Waals surface area contributed by atoms with E-state index in [0.29, 0.717) is 0 Å². The SMILES string of the molecule is [NH3+]CC1CCOCC1. The van der Waals surface area contributed by atoms with Crippen molar-refractivity contribution in [3.8, 4) is 0 Å². The first-order valence-electron chi connectivity index (χ1n) is 3.30. The van der Waals surface area contributed by atoms with Crippen molar-refractivity contribution in [2.75, 3.05) is 19.8 Å². The molecule has 2 nitrogen and oxygen atoms in total. The van der Waals surface area contributed by atoms with E-state index < -0.39 is 0 Å². The molecule has 48 valence electrons. The zero-order valence-electron chi connectivity index (χ0n) is 5.23. The van der Waals surface area contributed by atoms with E-state index in [0.717, 1.165) is 25.7 Å². The first kappa shape index (κ1) is 6.05. The summed E-state index contributed by atoms with van der Waals surface area (Å²) in [5.41, 5.74) is 3.85. The summed E-state index contributed by atoms with van der Waals surface area (Å²) >= 11 is 0. The quantitative estimate of drug-likeness (QED) is 0.499. The van der Waals surface area contributed by atoms with Crippen LogP contribution in [0, 0.1) is 5.92 Å². The van der Waals surface area contributed by atoms with E-state index in [1.165, 1.54) is 12.8 Å². The molecule has 1 saturated heterocycles. The summed E-state index contributed by atoms with van der Waals surface area (Å²) in [6.07, 6.45) is 2.45. The maximum Gasteiger partial charge on any atom is 0.0770 e. The third kappa shape index (κ3) is 1.46. The Morgan fingerprint density at radius 2 is 2.00 bits per heavy atom. The summed E-state index contributed by atoms with van der Waals surface area (Å²) in [6.45, 7) is 3.00. The van der Waals surface area contributed by atoms with Crippen LogP contribution in [0.15, 0.2) is 0 Å². The van der Waals surface area contributed by atoms with Gasteiger partial charge in [0.15, 0.2) is 0 Å². The van der Waals surface area contributed by atoms with E-state index in [4.69, 9.17) is 4.74 Å². The Morgan fingerprint density at radius 1 is 1.38 bits per heavy atom. The van der Waals surface area contributed by atoms with Crippen LogP contribution in [-0.4, -0.2) is 19.8 Å². The van der Waals surface area contributed by atoms with Crippen LogP contribution in [0.1, 0.15) is 12.8 Å². The second-order valence-corrected chi connectivity index (χ2v) is 2.34. The average Bonchev–Trinajstić information content (AvgIpc) is 1.90. The van der Waals surface area contributed by atoms with Gasteiger partial charge in [-0.1, -0.05) is 0 Å². The van der Waals surface area contributed by atoms with Crippen LogP contribution in [0.5, 0.6) is 0 Å². The first-order chi connectivity index (χ1) is 3.93. The number of rotatable bonds is 1. The highest BCUT2D eigenvalue weighted by Gasteiger charge is 2.12. The van der Waals surface area contributed by atoms with E-state index in [2.05, 4.69) is 5.73 Å². The summed E-state index contributed by atoms with van der Waals surface area (Å²) in [5, 5.41) is 0. The lowest BCUT2D eigenvalue weighted by molar-refractivity contribution is -0.381. The topological polar surface area (TPSA) is 36.9 Å². The van der Waals surface area contributed by atoms with Crippen molar-refractivity contribution in [3.63, 3.8) is 0 Å². The number of quaternary nitrogens is 1. The Bertz CT molecular complexity index is 59.5. The molecule has 3 N–H and O–H groups in total. The lowest BCUT2D eigenvalue weighted by atomic mass is 10.0. The first-order valence-corrected chi connectivity index (χ1v) is 3.30. The molecule has 1 aliphatic rings. The Morgan fingerprint density at radius 3 is 2.38 bits per heavy atom. The molecule has 0 saturated carbocycles. The third-order valence-corrected chi connectivity index (χ3v) is 1.75. The van der Waals surface area contributed by atoms with Gasteiger partial charge in [-0.15, -0.1) is 0 Å². The fourth-order valence-corrected chi connectivity index (χ4v) is 1.04. The van der Waals surface area contributed by atoms with Crippen LogP contribution < -0.4 is 5.73 Å². The molecule has 8 heavy (non-hydrogen) atoms. The van der Waals surface area contributed by atoms with Gasteiger partial charge >= 0.3 is 0 Å². The fraction of sp³-hybridized carbons (Fsp3) is 1.00. The summed E-state index contributed by atoms with van der Waals surface area (Å²) < 4.78 is 5.17. The molecule has 0 aromatic rings. The maximum absolute atomic E-state index is 5.17. The van der Waals surface area contributed by atoms with Crippen LogP contribution in [0.4, 0.5) is 0 Å². The highest BCUT2D eigenvalue weighted by atomic mass is 16.5. The van der Waals surface area contributed by atoms with E-state index >= 15 is 0 Å². The predicted octanol–water partition coefficient (Wildman–Crippen LogP) is -0.345. The minimum atomic E-state index is 0.851. The van der Waals surface area contributed by atoms with Gasteiger partial charge in [-0.2, -0.15) is 0 Å². The molecule has 0 aliphatic carbocycles. The third-order valence-electron chi connectivity index (χ3n) is 1.75. The molecule has 0 amide bonds. The summed E-state index contributed by atoms with van der Waals surface area (Å²) in [4.78, 5) is 0. The minimum absolute atomic E-state index is 0.851. The van der Waals surface area contributed by atoms with E-state index in [9.17, 15) is 0 Å². The van der Waals surface area contributed by atoms with Crippen LogP contribution in [0.25, 0.3) is 0 Å². The Labute approximate surface area is 50.0 Å². The summed E-state index contributed by atoms with van der Waals surface area (Å²) in [5.74, 6) is 0.851. The molecule has 1 aliphatic heterocycles. The van der Waals surface area contributed by atoms with Crippen molar-refractivity contribution in [2.45, 2.75) is 12.8 Å². The molecule has 0 bridgehead atoms. The molecule has 0 radical (unpaired) electrons. The molecule has 0 spiro atoms. The maximum atomic E-state index is 5.17. The van der Waals surface area contributed by atoms with Gasteiger partial charge in [0.25, 0.3) is 0 Å². The summed E-state index contributed by atoms with van der Waals surface area (Å²) in [7, 11) is 0. The molecule has 1 heterocycles. The van der Waals surface area contributed by atoms with Crippen molar-refractivity contribution in [1.29, 1.82) is 0 Å². The van der Waals surface area contributed by atoms with Gasteiger partial charge in [0.2, 0.25) is 0 Å². The van der Waals surface area contributed by atoms with Crippen molar-refractivity contribution in [1.82, 2.24) is 0 Å². The molecule has 0 unspecified atom stereocenters. The Hall–Kier alpha value is -0.0800. The van der Waals surface area contributed by atoms with Crippen molar-refractivity contribution in [3.05, 3.63) is 0 Å². The normalized spacial score (nSPS) is 23.6. The zero-order valence-corrected chi connectivity index (χ0v) is 5.23. The standard InChI is InChI=1S/C6H13NO/c7-5-6-1-3-8-4-2-6/h6H,1-5,7H2/p+1. The highest BCUT2D eigenvalue weighted by Crippen LogP contribution is 2.11. The molecule has 1 fully saturated rings. The van der Waals surface area contributed by atoms with Gasteiger partial charge in [0, 0.05) is 19.1 Å². The molecule has 2 heteroatoms. The smallest absolute Gasteiger partial charge is 0.0770 e. The van der Waals surface area contributed by atoms with Gasteiger partial charge in [-0.3, -0.25) is 0 Å². The van der Waals surface area contributed by atoms with Crippen LogP contribution in [-0.2, 0) is 4.74 Å². The van der Waals surface area contributed by atoms with Gasteiger partial charge in [0.05, 0.1) is 6.54 Å². The van der Waals surface area contributed by atoms with Crippen LogP contribution >= 0.6 is 0 Å².